The van der Waals surface area contributed by atoms with Crippen molar-refractivity contribution in [2.75, 3.05) is 12.4 Å². The Bertz CT molecular complexity index is 1200. The minimum absolute atomic E-state index is 0.0126. The molecule has 3 rings (SSSR count). The molecule has 0 heterocycles. The minimum atomic E-state index is -4.62. The first kappa shape index (κ1) is 20.3. The predicted octanol–water partition coefficient (Wildman–Crippen LogP) is 2.79. The highest BCUT2D eigenvalue weighted by Crippen LogP contribution is 2.37. The topological polar surface area (TPSA) is 133 Å². The summed E-state index contributed by atoms with van der Waals surface area (Å²) in [5.74, 6) is -0.523. The molecular weight excluding hydrogens is 404 g/mol. The third-order valence-electron chi connectivity index (χ3n) is 4.37. The van der Waals surface area contributed by atoms with E-state index in [2.05, 4.69) is 10.2 Å². The van der Waals surface area contributed by atoms with Gasteiger partial charge in [0.1, 0.15) is 10.6 Å². The molecule has 1 atom stereocenters. The van der Waals surface area contributed by atoms with Crippen LogP contribution in [0.1, 0.15) is 6.42 Å². The molecule has 0 aromatic heterocycles. The Labute approximate surface area is 162 Å². The predicted molar refractivity (Wildman–Crippen MR) is 105 cm³/mol. The lowest BCUT2D eigenvalue weighted by Gasteiger charge is -2.25. The van der Waals surface area contributed by atoms with Crippen LogP contribution in [0, 0.1) is 0 Å². The number of allylic oxidation sites excluding steroid dienone is 2. The van der Waals surface area contributed by atoms with E-state index >= 15 is 0 Å². The second-order valence-electron chi connectivity index (χ2n) is 6.19. The zero-order valence-electron chi connectivity index (χ0n) is 14.6. The van der Waals surface area contributed by atoms with Gasteiger partial charge in [-0.2, -0.15) is 18.6 Å². The number of hydrogen-bond acceptors (Lipinski definition) is 7. The SMILES string of the molecule is O=S(=O)(O)c1ccc2ccccc2c1N=NC1(S(=O)(=O)CCO)C=CC=CC1. The average Bonchev–Trinajstić information content (AvgIpc) is 2.65. The second-order valence-corrected chi connectivity index (χ2v) is 9.92. The van der Waals surface area contributed by atoms with Crippen molar-refractivity contribution in [3.05, 3.63) is 60.7 Å². The monoisotopic (exact) mass is 422 g/mol. The Kier molecular flexibility index (Phi) is 5.48. The molecule has 8 nitrogen and oxygen atoms in total. The lowest BCUT2D eigenvalue weighted by Crippen LogP contribution is -2.37. The number of azo groups is 1. The van der Waals surface area contributed by atoms with Gasteiger partial charge in [-0.15, -0.1) is 0 Å². The molecule has 0 saturated carbocycles. The van der Waals surface area contributed by atoms with Gasteiger partial charge in [0, 0.05) is 11.8 Å². The summed E-state index contributed by atoms with van der Waals surface area (Å²) >= 11 is 0. The Balaban J connectivity index is 2.24. The quantitative estimate of drug-likeness (QED) is 0.543. The number of nitrogens with zero attached hydrogens (tertiary/aromatic N) is 2. The lowest BCUT2D eigenvalue weighted by atomic mass is 10.1. The molecule has 10 heteroatoms. The first-order valence-corrected chi connectivity index (χ1v) is 11.4. The van der Waals surface area contributed by atoms with Crippen LogP contribution in [0.15, 0.2) is 75.8 Å². The van der Waals surface area contributed by atoms with E-state index in [0.717, 1.165) is 0 Å². The molecule has 148 valence electrons. The average molecular weight is 422 g/mol. The first-order valence-electron chi connectivity index (χ1n) is 8.30. The van der Waals surface area contributed by atoms with Crippen LogP contribution in [0.3, 0.4) is 0 Å². The summed E-state index contributed by atoms with van der Waals surface area (Å²) in [5, 5.41) is 18.2. The van der Waals surface area contributed by atoms with Crippen molar-refractivity contribution < 1.29 is 26.5 Å². The molecule has 0 aliphatic heterocycles. The number of rotatable bonds is 6. The van der Waals surface area contributed by atoms with Gasteiger partial charge >= 0.3 is 0 Å². The maximum atomic E-state index is 12.7. The number of aliphatic hydroxyl groups excluding tert-OH is 1. The van der Waals surface area contributed by atoms with Crippen molar-refractivity contribution in [2.24, 2.45) is 10.2 Å². The van der Waals surface area contributed by atoms with E-state index in [9.17, 15) is 21.4 Å². The van der Waals surface area contributed by atoms with Gasteiger partial charge in [0.15, 0.2) is 9.84 Å². The standard InChI is InChI=1S/C18H18N2O6S2/c21-12-13-27(22,23)18(10-4-1-5-11-18)20-19-17-15-7-3-2-6-14(15)8-9-16(17)28(24,25)26/h1-10,21H,11-13H2,(H,24,25,26). The van der Waals surface area contributed by atoms with Gasteiger partial charge < -0.3 is 5.11 Å². The molecule has 0 saturated heterocycles. The van der Waals surface area contributed by atoms with Crippen LogP contribution >= 0.6 is 0 Å². The number of sulfone groups is 1. The fourth-order valence-electron chi connectivity index (χ4n) is 2.93. The molecule has 0 amide bonds. The van der Waals surface area contributed by atoms with E-state index in [1.807, 2.05) is 0 Å². The molecular formula is C18H18N2O6S2. The molecule has 0 spiro atoms. The first-order chi connectivity index (χ1) is 13.2. The third-order valence-corrected chi connectivity index (χ3v) is 7.44. The molecule has 1 aliphatic carbocycles. The van der Waals surface area contributed by atoms with Gasteiger partial charge in [0.05, 0.1) is 12.4 Å². The van der Waals surface area contributed by atoms with Crippen LogP contribution in [0.25, 0.3) is 10.8 Å². The molecule has 0 bridgehead atoms. The molecule has 28 heavy (non-hydrogen) atoms. The molecule has 0 radical (unpaired) electrons. The Hall–Kier alpha value is -2.40. The summed E-state index contributed by atoms with van der Waals surface area (Å²) in [6.45, 7) is -0.582. The fourth-order valence-corrected chi connectivity index (χ4v) is 4.96. The van der Waals surface area contributed by atoms with Crippen molar-refractivity contribution in [3.8, 4) is 0 Å². The number of fused-ring (bicyclic) bond motifs is 1. The Morgan fingerprint density at radius 1 is 1.04 bits per heavy atom. The third kappa shape index (κ3) is 3.76. The van der Waals surface area contributed by atoms with Crippen LogP contribution in [-0.2, 0) is 20.0 Å². The normalized spacial score (nSPS) is 20.2. The van der Waals surface area contributed by atoms with Crippen LogP contribution in [0.5, 0.6) is 0 Å². The van der Waals surface area contributed by atoms with Gasteiger partial charge in [-0.1, -0.05) is 48.6 Å². The van der Waals surface area contributed by atoms with Gasteiger partial charge in [-0.3, -0.25) is 4.55 Å². The molecule has 1 unspecified atom stereocenters. The lowest BCUT2D eigenvalue weighted by molar-refractivity contribution is 0.318. The van der Waals surface area contributed by atoms with Crippen molar-refractivity contribution in [1.82, 2.24) is 0 Å². The fraction of sp³-hybridized carbons (Fsp3) is 0.222. The molecule has 2 N–H and O–H groups in total. The Morgan fingerprint density at radius 3 is 2.43 bits per heavy atom. The van der Waals surface area contributed by atoms with Crippen molar-refractivity contribution >= 4 is 36.4 Å². The number of aliphatic hydroxyl groups is 1. The van der Waals surface area contributed by atoms with E-state index in [1.165, 1.54) is 24.3 Å². The van der Waals surface area contributed by atoms with Crippen molar-refractivity contribution in [2.45, 2.75) is 16.2 Å². The number of hydrogen-bond donors (Lipinski definition) is 2. The number of benzene rings is 2. The highest BCUT2D eigenvalue weighted by molar-refractivity contribution is 7.93. The van der Waals surface area contributed by atoms with E-state index in [1.54, 1.807) is 36.4 Å². The summed E-state index contributed by atoms with van der Waals surface area (Å²) in [6.07, 6.45) is 6.09. The summed E-state index contributed by atoms with van der Waals surface area (Å²) in [4.78, 5) is -2.24. The highest BCUT2D eigenvalue weighted by Gasteiger charge is 2.41. The van der Waals surface area contributed by atoms with E-state index in [0.29, 0.717) is 10.8 Å². The zero-order chi connectivity index (χ0) is 20.4. The molecule has 1 aliphatic rings. The minimum Gasteiger partial charge on any atom is -0.395 e. The smallest absolute Gasteiger partial charge is 0.296 e. The summed E-state index contributed by atoms with van der Waals surface area (Å²) in [7, 11) is -8.55. The van der Waals surface area contributed by atoms with Crippen molar-refractivity contribution in [1.29, 1.82) is 0 Å². The van der Waals surface area contributed by atoms with Crippen LogP contribution in [0.2, 0.25) is 0 Å². The largest absolute Gasteiger partial charge is 0.395 e. The van der Waals surface area contributed by atoms with Gasteiger partial charge in [-0.05, 0) is 17.5 Å². The Morgan fingerprint density at radius 2 is 1.79 bits per heavy atom. The van der Waals surface area contributed by atoms with E-state index in [4.69, 9.17) is 5.11 Å². The van der Waals surface area contributed by atoms with Gasteiger partial charge in [0.25, 0.3) is 10.1 Å². The van der Waals surface area contributed by atoms with Crippen molar-refractivity contribution in [3.63, 3.8) is 0 Å². The van der Waals surface area contributed by atoms with Crippen LogP contribution in [0.4, 0.5) is 5.69 Å². The summed E-state index contributed by atoms with van der Waals surface area (Å²) in [6, 6.07) is 9.44. The van der Waals surface area contributed by atoms with Crippen LogP contribution in [-0.4, -0.2) is 43.7 Å². The molecule has 2 aromatic carbocycles. The maximum Gasteiger partial charge on any atom is 0.296 e. The van der Waals surface area contributed by atoms with Crippen LogP contribution < -0.4 is 0 Å². The molecule has 2 aromatic rings. The second kappa shape index (κ2) is 7.55. The molecule has 0 fully saturated rings. The summed E-state index contributed by atoms with van der Waals surface area (Å²) < 4.78 is 58.6. The van der Waals surface area contributed by atoms with Gasteiger partial charge in [0.2, 0.25) is 4.87 Å². The van der Waals surface area contributed by atoms with E-state index < -0.39 is 42.1 Å². The maximum absolute atomic E-state index is 12.7. The van der Waals surface area contributed by atoms with E-state index in [-0.39, 0.29) is 12.1 Å². The zero-order valence-corrected chi connectivity index (χ0v) is 16.3. The summed E-state index contributed by atoms with van der Waals surface area (Å²) in [5.41, 5.74) is -0.151. The highest BCUT2D eigenvalue weighted by atomic mass is 32.2. The van der Waals surface area contributed by atoms with Gasteiger partial charge in [-0.25, -0.2) is 8.42 Å².